The number of hydrogen-bond donors (Lipinski definition) is 2. The van der Waals surface area contributed by atoms with Gasteiger partial charge < -0.3 is 14.8 Å². The van der Waals surface area contributed by atoms with Gasteiger partial charge in [-0.25, -0.2) is 0 Å². The van der Waals surface area contributed by atoms with Gasteiger partial charge in [0, 0.05) is 21.8 Å². The van der Waals surface area contributed by atoms with E-state index in [9.17, 15) is 4.79 Å². The smallest absolute Gasteiger partial charge is 0.239 e. The maximum atomic E-state index is 13.1. The van der Waals surface area contributed by atoms with E-state index < -0.39 is 11.5 Å². The molecule has 2 aliphatic heterocycles. The molecular weight excluding hydrogens is 406 g/mol. The van der Waals surface area contributed by atoms with E-state index in [1.165, 1.54) is 4.90 Å². The molecule has 2 atom stereocenters. The van der Waals surface area contributed by atoms with Crippen molar-refractivity contribution in [3.8, 4) is 11.5 Å². The second-order valence-electron chi connectivity index (χ2n) is 6.25. The van der Waals surface area contributed by atoms with Crippen LogP contribution in [-0.4, -0.2) is 30.6 Å². The van der Waals surface area contributed by atoms with Gasteiger partial charge in [0.25, 0.3) is 0 Å². The molecule has 1 amide bonds. The molecule has 2 aliphatic rings. The highest BCUT2D eigenvalue weighted by atomic mass is 79.9. The van der Waals surface area contributed by atoms with Crippen molar-refractivity contribution >= 4 is 39.1 Å². The third-order valence-corrected chi connectivity index (χ3v) is 6.61. The summed E-state index contributed by atoms with van der Waals surface area (Å²) in [5, 5.41) is 13.4. The Hall–Kier alpha value is -2.06. The highest BCUT2D eigenvalue weighted by Crippen LogP contribution is 2.45. The third kappa shape index (κ3) is 2.51. The molecule has 8 heteroatoms. The van der Waals surface area contributed by atoms with Crippen molar-refractivity contribution < 1.29 is 14.3 Å². The first-order valence-corrected chi connectivity index (χ1v) is 9.36. The van der Waals surface area contributed by atoms with Crippen LogP contribution in [0.25, 0.3) is 0 Å². The fourth-order valence-corrected chi connectivity index (χ4v) is 4.89. The number of benzene rings is 1. The number of ether oxygens (including phenoxy) is 2. The molecule has 0 unspecified atom stereocenters. The van der Waals surface area contributed by atoms with Crippen LogP contribution in [0.1, 0.15) is 23.3 Å². The number of fused-ring (bicyclic) bond motifs is 1. The number of nitrogens with zero attached hydrogens (tertiary/aromatic N) is 1. The van der Waals surface area contributed by atoms with Gasteiger partial charge in [0.2, 0.25) is 12.7 Å². The van der Waals surface area contributed by atoms with E-state index in [0.29, 0.717) is 11.5 Å². The van der Waals surface area contributed by atoms with Crippen molar-refractivity contribution in [1.29, 1.82) is 5.41 Å². The molecule has 4 rings (SSSR count). The van der Waals surface area contributed by atoms with Crippen molar-refractivity contribution in [1.82, 2.24) is 10.2 Å². The van der Waals surface area contributed by atoms with Crippen molar-refractivity contribution in [3.05, 3.63) is 44.6 Å². The molecular formula is C17H16BrN3O3S. The summed E-state index contributed by atoms with van der Waals surface area (Å²) in [7, 11) is 1.61. The lowest BCUT2D eigenvalue weighted by Crippen LogP contribution is -2.62. The first-order chi connectivity index (χ1) is 11.9. The van der Waals surface area contributed by atoms with E-state index in [0.717, 1.165) is 14.9 Å². The highest BCUT2D eigenvalue weighted by molar-refractivity contribution is 9.10. The highest BCUT2D eigenvalue weighted by Gasteiger charge is 2.49. The molecule has 0 bridgehead atoms. The number of nitrogens with one attached hydrogen (secondary N) is 2. The Morgan fingerprint density at radius 1 is 1.36 bits per heavy atom. The van der Waals surface area contributed by atoms with Crippen molar-refractivity contribution in [2.24, 2.45) is 0 Å². The van der Waals surface area contributed by atoms with Gasteiger partial charge in [0.05, 0.1) is 11.5 Å². The molecule has 130 valence electrons. The molecule has 1 aromatic heterocycles. The lowest BCUT2D eigenvalue weighted by Gasteiger charge is -2.45. The SMILES string of the molecule is CN1C(=N)N[C@](C)(c2cc(Br)cs2)[C@@H](c2ccc3c(c2)OCO3)C1=O. The zero-order valence-corrected chi connectivity index (χ0v) is 16.0. The Labute approximate surface area is 157 Å². The van der Waals surface area contributed by atoms with Gasteiger partial charge in [0.1, 0.15) is 0 Å². The van der Waals surface area contributed by atoms with Crippen molar-refractivity contribution in [3.63, 3.8) is 0 Å². The molecule has 0 aliphatic carbocycles. The van der Waals surface area contributed by atoms with Crippen LogP contribution in [-0.2, 0) is 10.3 Å². The first kappa shape index (κ1) is 16.4. The molecule has 2 aromatic rings. The van der Waals surface area contributed by atoms with Crippen LogP contribution in [0.5, 0.6) is 11.5 Å². The second-order valence-corrected chi connectivity index (χ2v) is 8.08. The summed E-state index contributed by atoms with van der Waals surface area (Å²) in [5.41, 5.74) is 0.0959. The summed E-state index contributed by atoms with van der Waals surface area (Å²) >= 11 is 5.03. The Bertz CT molecular complexity index is 884. The number of thiophene rings is 1. The lowest BCUT2D eigenvalue weighted by molar-refractivity contribution is -0.131. The largest absolute Gasteiger partial charge is 0.454 e. The number of likely N-dealkylation sites (N-methyl/N-ethyl adjacent to an activating group) is 1. The lowest BCUT2D eigenvalue weighted by atomic mass is 9.77. The van der Waals surface area contributed by atoms with E-state index in [1.54, 1.807) is 18.4 Å². The van der Waals surface area contributed by atoms with Crippen LogP contribution in [0.15, 0.2) is 34.1 Å². The zero-order valence-electron chi connectivity index (χ0n) is 13.6. The average molecular weight is 422 g/mol. The molecule has 6 nitrogen and oxygen atoms in total. The molecule has 1 aromatic carbocycles. The standard InChI is InChI=1S/C17H16BrN3O3S/c1-17(13-6-10(18)7-25-13)14(15(22)21(2)16(19)20-17)9-3-4-11-12(5-9)24-8-23-11/h3-7,14H,8H2,1-2H3,(H2,19,20)/t14-,17+/m0/s1. The Kier molecular flexibility index (Phi) is 3.77. The van der Waals surface area contributed by atoms with Crippen molar-refractivity contribution in [2.45, 2.75) is 18.4 Å². The van der Waals surface area contributed by atoms with E-state index in [4.69, 9.17) is 14.9 Å². The Morgan fingerprint density at radius 3 is 2.84 bits per heavy atom. The molecule has 1 fully saturated rings. The minimum atomic E-state index is -0.731. The van der Waals surface area contributed by atoms with Crippen LogP contribution in [0, 0.1) is 5.41 Å². The number of halogens is 1. The molecule has 3 heterocycles. The predicted octanol–water partition coefficient (Wildman–Crippen LogP) is 3.23. The second kappa shape index (κ2) is 5.74. The number of carbonyl (C=O) groups excluding carboxylic acids is 1. The van der Waals surface area contributed by atoms with Crippen LogP contribution in [0.3, 0.4) is 0 Å². The van der Waals surface area contributed by atoms with Gasteiger partial charge in [-0.15, -0.1) is 11.3 Å². The predicted molar refractivity (Wildman–Crippen MR) is 98.3 cm³/mol. The van der Waals surface area contributed by atoms with Gasteiger partial charge in [-0.1, -0.05) is 6.07 Å². The van der Waals surface area contributed by atoms with Crippen LogP contribution < -0.4 is 14.8 Å². The maximum Gasteiger partial charge on any atom is 0.239 e. The fraction of sp³-hybridized carbons (Fsp3) is 0.294. The van der Waals surface area contributed by atoms with Gasteiger partial charge in [-0.2, -0.15) is 0 Å². The number of amides is 1. The summed E-state index contributed by atoms with van der Waals surface area (Å²) in [6.07, 6.45) is 0. The summed E-state index contributed by atoms with van der Waals surface area (Å²) in [6.45, 7) is 2.15. The number of rotatable bonds is 2. The third-order valence-electron chi connectivity index (χ3n) is 4.68. The first-order valence-electron chi connectivity index (χ1n) is 7.68. The number of carbonyl (C=O) groups is 1. The van der Waals surface area contributed by atoms with E-state index in [2.05, 4.69) is 21.2 Å². The van der Waals surface area contributed by atoms with Crippen LogP contribution in [0.4, 0.5) is 0 Å². The van der Waals surface area contributed by atoms with E-state index >= 15 is 0 Å². The monoisotopic (exact) mass is 421 g/mol. The van der Waals surface area contributed by atoms with Crippen LogP contribution >= 0.6 is 27.3 Å². The summed E-state index contributed by atoms with van der Waals surface area (Å²) in [6, 6.07) is 7.57. The molecule has 1 saturated heterocycles. The Morgan fingerprint density at radius 2 is 2.12 bits per heavy atom. The maximum absolute atomic E-state index is 13.1. The normalized spacial score (nSPS) is 25.2. The molecule has 0 spiro atoms. The molecule has 0 radical (unpaired) electrons. The summed E-state index contributed by atoms with van der Waals surface area (Å²) < 4.78 is 11.8. The van der Waals surface area contributed by atoms with E-state index in [-0.39, 0.29) is 18.7 Å². The van der Waals surface area contributed by atoms with Gasteiger partial charge in [0.15, 0.2) is 17.5 Å². The summed E-state index contributed by atoms with van der Waals surface area (Å²) in [4.78, 5) is 15.4. The average Bonchev–Trinajstić information content (AvgIpc) is 3.21. The topological polar surface area (TPSA) is 74.7 Å². The number of hydrogen-bond acceptors (Lipinski definition) is 5. The molecule has 2 N–H and O–H groups in total. The molecule has 25 heavy (non-hydrogen) atoms. The van der Waals surface area contributed by atoms with Gasteiger partial charge in [-0.05, 0) is 46.6 Å². The van der Waals surface area contributed by atoms with Gasteiger partial charge >= 0.3 is 0 Å². The van der Waals surface area contributed by atoms with Crippen molar-refractivity contribution in [2.75, 3.05) is 13.8 Å². The Balaban J connectivity index is 1.85. The number of guanidine groups is 1. The minimum Gasteiger partial charge on any atom is -0.454 e. The fourth-order valence-electron chi connectivity index (χ4n) is 3.31. The van der Waals surface area contributed by atoms with Crippen LogP contribution in [0.2, 0.25) is 0 Å². The quantitative estimate of drug-likeness (QED) is 0.780. The molecule has 0 saturated carbocycles. The minimum absolute atomic E-state index is 0.0917. The summed E-state index contributed by atoms with van der Waals surface area (Å²) in [5.74, 6) is 0.792. The van der Waals surface area contributed by atoms with Gasteiger partial charge in [-0.3, -0.25) is 15.1 Å². The van der Waals surface area contributed by atoms with E-state index in [1.807, 2.05) is 36.6 Å². The zero-order chi connectivity index (χ0) is 17.8.